The quantitative estimate of drug-likeness (QED) is 0.426. The molecular weight excluding hydrogens is 350 g/mol. The van der Waals surface area contributed by atoms with Crippen molar-refractivity contribution in [3.05, 3.63) is 105 Å². The van der Waals surface area contributed by atoms with Gasteiger partial charge in [-0.05, 0) is 80.8 Å². The maximum atomic E-state index is 14.0. The van der Waals surface area contributed by atoms with Crippen molar-refractivity contribution < 1.29 is 8.78 Å². The van der Waals surface area contributed by atoms with Crippen LogP contribution >= 0.6 is 0 Å². The summed E-state index contributed by atoms with van der Waals surface area (Å²) < 4.78 is 28.0. The third-order valence-electron chi connectivity index (χ3n) is 4.47. The highest BCUT2D eigenvalue weighted by atomic mass is 19.1. The number of rotatable bonds is 0. The molecule has 0 saturated heterocycles. The molecule has 0 heterocycles. The highest BCUT2D eigenvalue weighted by Crippen LogP contribution is 2.17. The van der Waals surface area contributed by atoms with Crippen LogP contribution in [0.3, 0.4) is 0 Å². The minimum Gasteiger partial charge on any atom is -0.206 e. The van der Waals surface area contributed by atoms with Crippen molar-refractivity contribution in [1.82, 2.24) is 0 Å². The van der Waals surface area contributed by atoms with Gasteiger partial charge in [0, 0.05) is 16.7 Å². The number of hydrogen-bond acceptors (Lipinski definition) is 0. The lowest BCUT2D eigenvalue weighted by molar-refractivity contribution is 0.575. The van der Waals surface area contributed by atoms with Gasteiger partial charge in [0.15, 0.2) is 0 Å². The largest absolute Gasteiger partial charge is 0.206 e. The van der Waals surface area contributed by atoms with Gasteiger partial charge in [0.1, 0.15) is 11.6 Å². The first kappa shape index (κ1) is 19.4. The molecule has 0 saturated carbocycles. The summed E-state index contributed by atoms with van der Waals surface area (Å²) in [4.78, 5) is 0. The van der Waals surface area contributed by atoms with Crippen LogP contribution in [0.5, 0.6) is 0 Å². The Bertz CT molecular complexity index is 1140. The fraction of sp³-hybridized carbons (Fsp3) is 0.154. The van der Waals surface area contributed by atoms with Gasteiger partial charge in [-0.25, -0.2) is 8.78 Å². The van der Waals surface area contributed by atoms with Crippen molar-refractivity contribution in [2.45, 2.75) is 27.7 Å². The van der Waals surface area contributed by atoms with E-state index in [9.17, 15) is 8.78 Å². The molecule has 28 heavy (non-hydrogen) atoms. The smallest absolute Gasteiger partial charge is 0.142 e. The average molecular weight is 370 g/mol. The normalized spacial score (nSPS) is 9.93. The zero-order valence-electron chi connectivity index (χ0n) is 16.4. The van der Waals surface area contributed by atoms with Crippen molar-refractivity contribution in [2.24, 2.45) is 0 Å². The van der Waals surface area contributed by atoms with Gasteiger partial charge in [-0.2, -0.15) is 0 Å². The van der Waals surface area contributed by atoms with Crippen molar-refractivity contribution in [1.29, 1.82) is 0 Å². The Morgan fingerprint density at radius 2 is 1.07 bits per heavy atom. The zero-order valence-corrected chi connectivity index (χ0v) is 16.4. The van der Waals surface area contributed by atoms with Crippen molar-refractivity contribution >= 4 is 0 Å². The van der Waals surface area contributed by atoms with E-state index in [0.29, 0.717) is 5.56 Å². The lowest BCUT2D eigenvalue weighted by Gasteiger charge is -2.04. The molecule has 0 radical (unpaired) electrons. The summed E-state index contributed by atoms with van der Waals surface area (Å²) in [5.41, 5.74) is 6.02. The van der Waals surface area contributed by atoms with E-state index in [2.05, 4.69) is 23.7 Å². The minimum atomic E-state index is -0.639. The molecule has 0 atom stereocenters. The Morgan fingerprint density at radius 1 is 0.571 bits per heavy atom. The maximum absolute atomic E-state index is 14.0. The first-order valence-corrected chi connectivity index (χ1v) is 9.01. The molecule has 0 amide bonds. The molecule has 0 nitrogen and oxygen atoms in total. The summed E-state index contributed by atoms with van der Waals surface area (Å²) in [5.74, 6) is 10.6. The lowest BCUT2D eigenvalue weighted by atomic mass is 9.99. The fourth-order valence-corrected chi connectivity index (χ4v) is 2.81. The van der Waals surface area contributed by atoms with Crippen LogP contribution in [0.2, 0.25) is 0 Å². The van der Waals surface area contributed by atoms with E-state index in [0.717, 1.165) is 27.8 Å². The van der Waals surface area contributed by atoms with Crippen LogP contribution in [-0.2, 0) is 0 Å². The van der Waals surface area contributed by atoms with Crippen LogP contribution in [0.25, 0.3) is 0 Å². The van der Waals surface area contributed by atoms with Gasteiger partial charge in [-0.15, -0.1) is 0 Å². The predicted molar refractivity (Wildman–Crippen MR) is 110 cm³/mol. The van der Waals surface area contributed by atoms with Crippen LogP contribution in [0.15, 0.2) is 48.5 Å². The average Bonchev–Trinajstić information content (AvgIpc) is 2.63. The zero-order chi connectivity index (χ0) is 20.3. The Balaban J connectivity index is 1.93. The predicted octanol–water partition coefficient (Wildman–Crippen LogP) is 6.00. The topological polar surface area (TPSA) is 0 Å². The number of hydrogen-bond donors (Lipinski definition) is 0. The summed E-state index contributed by atoms with van der Waals surface area (Å²) >= 11 is 0. The SMILES string of the molecule is Cc1ccc(C#Cc2cc(C)c(C#Cc3c(F)cc(C)cc3F)cc2C)cc1. The summed E-state index contributed by atoms with van der Waals surface area (Å²) in [6, 6.07) is 14.5. The summed E-state index contributed by atoms with van der Waals surface area (Å²) in [6.45, 7) is 7.56. The van der Waals surface area contributed by atoms with Crippen LogP contribution in [-0.4, -0.2) is 0 Å². The van der Waals surface area contributed by atoms with Crippen molar-refractivity contribution in [3.8, 4) is 23.7 Å². The van der Waals surface area contributed by atoms with Gasteiger partial charge in [0.05, 0.1) is 5.56 Å². The molecule has 3 aromatic rings. The van der Waals surface area contributed by atoms with Crippen LogP contribution < -0.4 is 0 Å². The van der Waals surface area contributed by atoms with E-state index >= 15 is 0 Å². The Kier molecular flexibility index (Phi) is 5.62. The summed E-state index contributed by atoms with van der Waals surface area (Å²) in [5, 5.41) is 0. The minimum absolute atomic E-state index is 0.203. The highest BCUT2D eigenvalue weighted by molar-refractivity contribution is 5.55. The van der Waals surface area contributed by atoms with Crippen LogP contribution in [0, 0.1) is 63.0 Å². The molecule has 3 rings (SSSR count). The standard InChI is InChI=1S/C26H20F2/c1-17-5-7-21(8-6-17)9-10-22-15-20(4)23(16-19(22)3)11-12-24-25(27)13-18(2)14-26(24)28/h5-8,13-16H,1-4H3. The number of aryl methyl sites for hydroxylation is 4. The molecule has 0 spiro atoms. The molecule has 0 aliphatic heterocycles. The molecule has 0 aliphatic carbocycles. The van der Waals surface area contributed by atoms with Gasteiger partial charge in [-0.1, -0.05) is 41.4 Å². The van der Waals surface area contributed by atoms with Gasteiger partial charge in [0.2, 0.25) is 0 Å². The molecule has 3 aromatic carbocycles. The number of halogens is 2. The highest BCUT2D eigenvalue weighted by Gasteiger charge is 2.08. The van der Waals surface area contributed by atoms with E-state index in [-0.39, 0.29) is 5.56 Å². The first-order chi connectivity index (χ1) is 13.3. The second-order valence-corrected chi connectivity index (χ2v) is 6.95. The summed E-state index contributed by atoms with van der Waals surface area (Å²) in [7, 11) is 0. The maximum Gasteiger partial charge on any atom is 0.142 e. The second kappa shape index (κ2) is 8.12. The van der Waals surface area contributed by atoms with Crippen molar-refractivity contribution in [2.75, 3.05) is 0 Å². The Morgan fingerprint density at radius 3 is 1.61 bits per heavy atom. The number of benzene rings is 3. The Hall–Kier alpha value is -3.36. The first-order valence-electron chi connectivity index (χ1n) is 9.01. The molecule has 138 valence electrons. The molecule has 0 unspecified atom stereocenters. The third kappa shape index (κ3) is 4.48. The van der Waals surface area contributed by atoms with Gasteiger partial charge >= 0.3 is 0 Å². The van der Waals surface area contributed by atoms with Gasteiger partial charge < -0.3 is 0 Å². The van der Waals surface area contributed by atoms with Gasteiger partial charge in [-0.3, -0.25) is 0 Å². The van der Waals surface area contributed by atoms with E-state index in [1.807, 2.05) is 57.2 Å². The molecule has 2 heteroatoms. The molecule has 0 N–H and O–H groups in total. The lowest BCUT2D eigenvalue weighted by Crippen LogP contribution is -1.93. The third-order valence-corrected chi connectivity index (χ3v) is 4.47. The molecular formula is C26H20F2. The molecule has 0 aliphatic rings. The molecule has 0 aromatic heterocycles. The molecule has 0 bridgehead atoms. The van der Waals surface area contributed by atoms with Crippen LogP contribution in [0.4, 0.5) is 8.78 Å². The van der Waals surface area contributed by atoms with E-state index in [4.69, 9.17) is 0 Å². The van der Waals surface area contributed by atoms with Crippen LogP contribution in [0.1, 0.15) is 44.5 Å². The summed E-state index contributed by atoms with van der Waals surface area (Å²) in [6.07, 6.45) is 0. The van der Waals surface area contributed by atoms with E-state index < -0.39 is 11.6 Å². The Labute approximate surface area is 165 Å². The second-order valence-electron chi connectivity index (χ2n) is 6.95. The molecule has 0 fully saturated rings. The van der Waals surface area contributed by atoms with Crippen molar-refractivity contribution in [3.63, 3.8) is 0 Å². The fourth-order valence-electron chi connectivity index (χ4n) is 2.81. The van der Waals surface area contributed by atoms with Gasteiger partial charge in [0.25, 0.3) is 0 Å². The monoisotopic (exact) mass is 370 g/mol. The van der Waals surface area contributed by atoms with E-state index in [1.165, 1.54) is 17.7 Å². The van der Waals surface area contributed by atoms with E-state index in [1.54, 1.807) is 6.92 Å².